The smallest absolute Gasteiger partial charge is 0.0551 e. The quantitative estimate of drug-likeness (QED) is 0.870. The number of aromatic amines is 1. The molecular weight excluding hydrogens is 252 g/mol. The molecule has 0 amide bonds. The number of nitrogens with one attached hydrogen (secondary N) is 2. The summed E-state index contributed by atoms with van der Waals surface area (Å²) in [6.45, 7) is 2.90. The maximum absolute atomic E-state index is 3.52. The van der Waals surface area contributed by atoms with Crippen LogP contribution in [0.2, 0.25) is 0 Å². The number of benzene rings is 1. The zero-order valence-corrected chi connectivity index (χ0v) is 10.1. The summed E-state index contributed by atoms with van der Waals surface area (Å²) in [5.41, 5.74) is 3.56. The van der Waals surface area contributed by atoms with Crippen molar-refractivity contribution >= 4 is 21.6 Å². The summed E-state index contributed by atoms with van der Waals surface area (Å²) in [4.78, 5) is 3.16. The molecule has 0 saturated carbocycles. The number of aryl methyl sites for hydroxylation is 1. The van der Waals surface area contributed by atoms with Crippen LogP contribution in [-0.2, 0) is 6.54 Å². The van der Waals surface area contributed by atoms with Crippen molar-refractivity contribution in [3.63, 3.8) is 0 Å². The van der Waals surface area contributed by atoms with E-state index in [1.807, 2.05) is 12.3 Å². The van der Waals surface area contributed by atoms with Crippen LogP contribution in [0.15, 0.2) is 41.0 Å². The SMILES string of the molecule is Cc1ccc(NCc2ccc[nH]2)cc1Br. The molecule has 1 aromatic carbocycles. The monoisotopic (exact) mass is 264 g/mol. The second-order valence-corrected chi connectivity index (χ2v) is 4.37. The van der Waals surface area contributed by atoms with Crippen molar-refractivity contribution in [2.75, 3.05) is 5.32 Å². The fraction of sp³-hybridized carbons (Fsp3) is 0.167. The molecule has 0 spiro atoms. The van der Waals surface area contributed by atoms with Gasteiger partial charge in [-0.2, -0.15) is 0 Å². The lowest BCUT2D eigenvalue weighted by Gasteiger charge is -2.06. The molecule has 0 saturated heterocycles. The van der Waals surface area contributed by atoms with Crippen molar-refractivity contribution in [2.45, 2.75) is 13.5 Å². The number of H-pyrrole nitrogens is 1. The first-order valence-electron chi connectivity index (χ1n) is 4.88. The van der Waals surface area contributed by atoms with E-state index in [-0.39, 0.29) is 0 Å². The van der Waals surface area contributed by atoms with Crippen molar-refractivity contribution < 1.29 is 0 Å². The Morgan fingerprint density at radius 2 is 2.20 bits per heavy atom. The number of aromatic nitrogens is 1. The third kappa shape index (κ3) is 2.63. The minimum Gasteiger partial charge on any atom is -0.379 e. The number of hydrogen-bond acceptors (Lipinski definition) is 1. The second kappa shape index (κ2) is 4.53. The maximum atomic E-state index is 3.52. The Balaban J connectivity index is 2.02. The zero-order valence-electron chi connectivity index (χ0n) is 8.55. The molecule has 0 aliphatic heterocycles. The van der Waals surface area contributed by atoms with E-state index in [1.165, 1.54) is 11.3 Å². The van der Waals surface area contributed by atoms with Crippen LogP contribution in [0.3, 0.4) is 0 Å². The Morgan fingerprint density at radius 1 is 1.33 bits per heavy atom. The van der Waals surface area contributed by atoms with Crippen molar-refractivity contribution in [1.29, 1.82) is 0 Å². The van der Waals surface area contributed by atoms with Gasteiger partial charge in [0.2, 0.25) is 0 Å². The van der Waals surface area contributed by atoms with E-state index in [1.54, 1.807) is 0 Å². The summed E-state index contributed by atoms with van der Waals surface area (Å²) in [5.74, 6) is 0. The Hall–Kier alpha value is -1.22. The third-order valence-corrected chi connectivity index (χ3v) is 3.17. The lowest BCUT2D eigenvalue weighted by atomic mass is 10.2. The van der Waals surface area contributed by atoms with Crippen LogP contribution in [0.25, 0.3) is 0 Å². The summed E-state index contributed by atoms with van der Waals surface area (Å²) < 4.78 is 1.14. The standard InChI is InChI=1S/C12H13BrN2/c1-9-4-5-10(7-12(9)13)15-8-11-3-2-6-14-11/h2-7,14-15H,8H2,1H3. The summed E-state index contributed by atoms with van der Waals surface area (Å²) in [7, 11) is 0. The second-order valence-electron chi connectivity index (χ2n) is 3.51. The third-order valence-electron chi connectivity index (χ3n) is 2.32. The Morgan fingerprint density at radius 3 is 2.87 bits per heavy atom. The molecule has 2 N–H and O–H groups in total. The van der Waals surface area contributed by atoms with E-state index < -0.39 is 0 Å². The molecule has 0 atom stereocenters. The van der Waals surface area contributed by atoms with Crippen LogP contribution in [-0.4, -0.2) is 4.98 Å². The van der Waals surface area contributed by atoms with Gasteiger partial charge in [0.1, 0.15) is 0 Å². The summed E-state index contributed by atoms with van der Waals surface area (Å²) >= 11 is 3.52. The molecule has 0 fully saturated rings. The minimum absolute atomic E-state index is 0.822. The zero-order chi connectivity index (χ0) is 10.7. The molecule has 2 aromatic rings. The van der Waals surface area contributed by atoms with Crippen LogP contribution in [0.4, 0.5) is 5.69 Å². The number of hydrogen-bond donors (Lipinski definition) is 2. The molecule has 0 bridgehead atoms. The van der Waals surface area contributed by atoms with Gasteiger partial charge in [0.25, 0.3) is 0 Å². The Labute approximate surface area is 97.8 Å². The first-order chi connectivity index (χ1) is 7.25. The van der Waals surface area contributed by atoms with E-state index in [2.05, 4.69) is 57.4 Å². The normalized spacial score (nSPS) is 10.3. The van der Waals surface area contributed by atoms with Gasteiger partial charge in [0.05, 0.1) is 6.54 Å². The molecule has 1 aromatic heterocycles. The highest BCUT2D eigenvalue weighted by Crippen LogP contribution is 2.20. The van der Waals surface area contributed by atoms with Crippen LogP contribution in [0, 0.1) is 6.92 Å². The average Bonchev–Trinajstić information content (AvgIpc) is 2.73. The van der Waals surface area contributed by atoms with Crippen LogP contribution in [0.5, 0.6) is 0 Å². The highest BCUT2D eigenvalue weighted by molar-refractivity contribution is 9.10. The highest BCUT2D eigenvalue weighted by atomic mass is 79.9. The lowest BCUT2D eigenvalue weighted by molar-refractivity contribution is 1.07. The summed E-state index contributed by atoms with van der Waals surface area (Å²) in [6, 6.07) is 10.3. The van der Waals surface area contributed by atoms with E-state index in [0.717, 1.165) is 16.7 Å². The van der Waals surface area contributed by atoms with Crippen LogP contribution in [0.1, 0.15) is 11.3 Å². The molecular formula is C12H13BrN2. The van der Waals surface area contributed by atoms with Crippen LogP contribution >= 0.6 is 15.9 Å². The Kier molecular flexibility index (Phi) is 3.11. The predicted octanol–water partition coefficient (Wildman–Crippen LogP) is 3.70. The number of rotatable bonds is 3. The predicted molar refractivity (Wildman–Crippen MR) is 67.0 cm³/mol. The van der Waals surface area contributed by atoms with Crippen molar-refractivity contribution in [3.05, 3.63) is 52.3 Å². The fourth-order valence-corrected chi connectivity index (χ4v) is 1.76. The molecule has 0 radical (unpaired) electrons. The maximum Gasteiger partial charge on any atom is 0.0551 e. The average molecular weight is 265 g/mol. The minimum atomic E-state index is 0.822. The van der Waals surface area contributed by atoms with Gasteiger partial charge in [-0.25, -0.2) is 0 Å². The molecule has 15 heavy (non-hydrogen) atoms. The van der Waals surface area contributed by atoms with E-state index in [9.17, 15) is 0 Å². The van der Waals surface area contributed by atoms with Gasteiger partial charge in [-0.3, -0.25) is 0 Å². The van der Waals surface area contributed by atoms with Crippen LogP contribution < -0.4 is 5.32 Å². The highest BCUT2D eigenvalue weighted by Gasteiger charge is 1.97. The van der Waals surface area contributed by atoms with E-state index >= 15 is 0 Å². The topological polar surface area (TPSA) is 27.8 Å². The largest absolute Gasteiger partial charge is 0.379 e. The molecule has 1 heterocycles. The van der Waals surface area contributed by atoms with E-state index in [0.29, 0.717) is 0 Å². The number of anilines is 1. The Bertz CT molecular complexity index is 435. The number of halogens is 1. The summed E-state index contributed by atoms with van der Waals surface area (Å²) in [6.07, 6.45) is 1.93. The molecule has 0 aliphatic carbocycles. The first kappa shape index (κ1) is 10.3. The van der Waals surface area contributed by atoms with Gasteiger partial charge in [0, 0.05) is 22.1 Å². The van der Waals surface area contributed by atoms with Gasteiger partial charge in [0.15, 0.2) is 0 Å². The van der Waals surface area contributed by atoms with Gasteiger partial charge >= 0.3 is 0 Å². The molecule has 3 heteroatoms. The molecule has 2 rings (SSSR count). The van der Waals surface area contributed by atoms with Gasteiger partial charge in [-0.15, -0.1) is 0 Å². The molecule has 0 aliphatic rings. The van der Waals surface area contributed by atoms with Gasteiger partial charge in [-0.1, -0.05) is 22.0 Å². The first-order valence-corrected chi connectivity index (χ1v) is 5.67. The van der Waals surface area contributed by atoms with Gasteiger partial charge < -0.3 is 10.3 Å². The van der Waals surface area contributed by atoms with E-state index in [4.69, 9.17) is 0 Å². The fourth-order valence-electron chi connectivity index (χ4n) is 1.38. The lowest BCUT2D eigenvalue weighted by Crippen LogP contribution is -1.99. The van der Waals surface area contributed by atoms with Gasteiger partial charge in [-0.05, 0) is 36.8 Å². The molecule has 78 valence electrons. The molecule has 2 nitrogen and oxygen atoms in total. The van der Waals surface area contributed by atoms with Crippen molar-refractivity contribution in [2.24, 2.45) is 0 Å². The molecule has 0 unspecified atom stereocenters. The van der Waals surface area contributed by atoms with Crippen molar-refractivity contribution in [3.8, 4) is 0 Å². The van der Waals surface area contributed by atoms with Crippen molar-refractivity contribution in [1.82, 2.24) is 4.98 Å². The summed E-state index contributed by atoms with van der Waals surface area (Å²) in [5, 5.41) is 3.35.